The van der Waals surface area contributed by atoms with E-state index in [4.69, 9.17) is 18.1 Å². The Balaban J connectivity index is 2.28. The molecular formula is C16H26N2O7P2S. The number of hydrazone groups is 1. The Morgan fingerprint density at radius 3 is 2.18 bits per heavy atom. The number of carbonyl (C=O) groups excluding carboxylic acids is 1. The fourth-order valence-electron chi connectivity index (χ4n) is 2.63. The number of amides is 1. The van der Waals surface area contributed by atoms with Crippen LogP contribution in [0.4, 0.5) is 0 Å². The van der Waals surface area contributed by atoms with Crippen LogP contribution in [-0.4, -0.2) is 49.3 Å². The van der Waals surface area contributed by atoms with Gasteiger partial charge in [0.25, 0.3) is 5.91 Å². The number of carbonyl (C=O) groups is 1. The quantitative estimate of drug-likeness (QED) is 0.466. The molecule has 2 rings (SSSR count). The number of hydrogen-bond acceptors (Lipinski definition) is 9. The third-order valence-corrected chi connectivity index (χ3v) is 9.77. The summed E-state index contributed by atoms with van der Waals surface area (Å²) in [4.78, 5) is 13.3. The van der Waals surface area contributed by atoms with Crippen molar-refractivity contribution in [2.24, 2.45) is 5.10 Å². The topological polar surface area (TPSA) is 104 Å². The van der Waals surface area contributed by atoms with Crippen LogP contribution in [0.5, 0.6) is 0 Å². The first-order chi connectivity index (χ1) is 13.3. The van der Waals surface area contributed by atoms with Gasteiger partial charge in [-0.1, -0.05) is 0 Å². The number of hydrogen-bond donors (Lipinski definition) is 0. The fourth-order valence-corrected chi connectivity index (χ4v) is 7.56. The van der Waals surface area contributed by atoms with Gasteiger partial charge in [0.2, 0.25) is 0 Å². The third kappa shape index (κ3) is 5.00. The number of rotatable bonds is 11. The summed E-state index contributed by atoms with van der Waals surface area (Å²) >= 11 is 1.00. The molecule has 1 aromatic rings. The highest BCUT2D eigenvalue weighted by Crippen LogP contribution is 2.56. The van der Waals surface area contributed by atoms with Crippen LogP contribution in [-0.2, 0) is 27.2 Å². The van der Waals surface area contributed by atoms with Crippen LogP contribution in [0.25, 0.3) is 0 Å². The Labute approximate surface area is 169 Å². The fraction of sp³-hybridized carbons (Fsp3) is 0.625. The molecule has 0 aromatic carbocycles. The minimum atomic E-state index is -3.56. The average molecular weight is 452 g/mol. The van der Waals surface area contributed by atoms with Gasteiger partial charge in [0.1, 0.15) is 4.62 Å². The molecule has 0 aliphatic carbocycles. The van der Waals surface area contributed by atoms with Gasteiger partial charge < -0.3 is 18.1 Å². The van der Waals surface area contributed by atoms with Crippen molar-refractivity contribution in [2.45, 2.75) is 39.9 Å². The molecular weight excluding hydrogens is 426 g/mol. The Morgan fingerprint density at radius 2 is 1.64 bits per heavy atom. The summed E-state index contributed by atoms with van der Waals surface area (Å²) in [5, 5.41) is 5.19. The van der Waals surface area contributed by atoms with Crippen molar-refractivity contribution in [3.05, 3.63) is 17.0 Å². The van der Waals surface area contributed by atoms with E-state index in [0.29, 0.717) is 4.62 Å². The SMILES string of the molecule is CCOP(=O)(OCC)c1ccc(C(=O)N2N=CCC2P(=O)(OCC)OCC)s1. The maximum Gasteiger partial charge on any atom is 0.371 e. The molecule has 0 bridgehead atoms. The molecule has 1 aromatic heterocycles. The van der Waals surface area contributed by atoms with E-state index in [1.54, 1.807) is 33.8 Å². The van der Waals surface area contributed by atoms with Crippen molar-refractivity contribution in [2.75, 3.05) is 26.4 Å². The first-order valence-corrected chi connectivity index (χ1v) is 13.1. The Bertz CT molecular complexity index is 778. The third-order valence-electron chi connectivity index (χ3n) is 3.67. The van der Waals surface area contributed by atoms with Crippen molar-refractivity contribution in [3.63, 3.8) is 0 Å². The summed E-state index contributed by atoms with van der Waals surface area (Å²) in [6.07, 6.45) is 1.77. The molecule has 0 saturated heterocycles. The number of nitrogens with zero attached hydrogens (tertiary/aromatic N) is 2. The highest BCUT2D eigenvalue weighted by Gasteiger charge is 2.45. The van der Waals surface area contributed by atoms with Gasteiger partial charge in [-0.05, 0) is 39.8 Å². The van der Waals surface area contributed by atoms with E-state index < -0.39 is 26.9 Å². The minimum Gasteiger partial charge on any atom is -0.307 e. The van der Waals surface area contributed by atoms with Gasteiger partial charge in [-0.25, -0.2) is 5.01 Å². The molecule has 158 valence electrons. The molecule has 1 atom stereocenters. The van der Waals surface area contributed by atoms with Gasteiger partial charge in [-0.15, -0.1) is 11.3 Å². The van der Waals surface area contributed by atoms with E-state index in [0.717, 1.165) is 16.3 Å². The van der Waals surface area contributed by atoms with Crippen LogP contribution in [0.15, 0.2) is 17.2 Å². The lowest BCUT2D eigenvalue weighted by atomic mass is 10.4. The van der Waals surface area contributed by atoms with Crippen molar-refractivity contribution in [3.8, 4) is 0 Å². The smallest absolute Gasteiger partial charge is 0.307 e. The van der Waals surface area contributed by atoms with Crippen LogP contribution in [0, 0.1) is 0 Å². The van der Waals surface area contributed by atoms with Gasteiger partial charge >= 0.3 is 15.2 Å². The van der Waals surface area contributed by atoms with Crippen molar-refractivity contribution in [1.29, 1.82) is 0 Å². The lowest BCUT2D eigenvalue weighted by molar-refractivity contribution is 0.0730. The van der Waals surface area contributed by atoms with Gasteiger partial charge in [0.15, 0.2) is 5.78 Å². The Hall–Kier alpha value is -0.860. The maximum atomic E-state index is 13.1. The molecule has 0 fully saturated rings. The molecule has 2 heterocycles. The molecule has 0 saturated carbocycles. The predicted octanol–water partition coefficient (Wildman–Crippen LogP) is 4.06. The zero-order valence-electron chi connectivity index (χ0n) is 16.4. The van der Waals surface area contributed by atoms with Crippen LogP contribution in [0.2, 0.25) is 0 Å². The zero-order valence-corrected chi connectivity index (χ0v) is 19.0. The summed E-state index contributed by atoms with van der Waals surface area (Å²) < 4.78 is 47.7. The second kappa shape index (κ2) is 10.3. The molecule has 1 amide bonds. The Kier molecular flexibility index (Phi) is 8.58. The normalized spacial score (nSPS) is 17.4. The summed E-state index contributed by atoms with van der Waals surface area (Å²) in [5.74, 6) is -1.31. The zero-order chi connectivity index (χ0) is 20.8. The lowest BCUT2D eigenvalue weighted by Gasteiger charge is -2.28. The summed E-state index contributed by atoms with van der Waals surface area (Å²) in [7, 11) is -7.05. The van der Waals surface area contributed by atoms with Gasteiger partial charge in [-0.2, -0.15) is 5.10 Å². The van der Waals surface area contributed by atoms with Crippen molar-refractivity contribution >= 4 is 43.3 Å². The van der Waals surface area contributed by atoms with Crippen LogP contribution < -0.4 is 4.62 Å². The number of thiophene rings is 1. The van der Waals surface area contributed by atoms with Gasteiger partial charge in [0.05, 0.1) is 31.3 Å². The van der Waals surface area contributed by atoms with E-state index in [9.17, 15) is 13.9 Å². The minimum absolute atomic E-state index is 0.185. The molecule has 0 N–H and O–H groups in total. The second-order valence-corrected chi connectivity index (χ2v) is 11.1. The molecule has 1 unspecified atom stereocenters. The van der Waals surface area contributed by atoms with E-state index >= 15 is 0 Å². The summed E-state index contributed by atoms with van der Waals surface area (Å²) in [6.45, 7) is 7.64. The van der Waals surface area contributed by atoms with Gasteiger partial charge in [0, 0.05) is 12.6 Å². The van der Waals surface area contributed by atoms with E-state index in [-0.39, 0.29) is 37.7 Å². The lowest BCUT2D eigenvalue weighted by Crippen LogP contribution is -2.33. The summed E-state index contributed by atoms with van der Waals surface area (Å²) in [6, 6.07) is 3.08. The molecule has 0 radical (unpaired) electrons. The van der Waals surface area contributed by atoms with Gasteiger partial charge in [-0.3, -0.25) is 13.9 Å². The second-order valence-electron chi connectivity index (χ2n) is 5.51. The van der Waals surface area contributed by atoms with E-state index in [1.165, 1.54) is 12.3 Å². The van der Waals surface area contributed by atoms with Crippen molar-refractivity contribution < 1.29 is 32.0 Å². The summed E-state index contributed by atoms with van der Waals surface area (Å²) in [5.41, 5.74) is 0. The molecule has 1 aliphatic heterocycles. The standard InChI is InChI=1S/C16H26N2O7P2S/c1-5-22-26(20,23-6-2)14-11-12-17-18(14)16(19)13-9-10-15(28-13)27(21,24-7-3)25-8-4/h9-10,12,14H,5-8,11H2,1-4H3. The monoisotopic (exact) mass is 452 g/mol. The first kappa shape index (κ1) is 23.4. The van der Waals surface area contributed by atoms with Crippen LogP contribution >= 0.6 is 26.5 Å². The Morgan fingerprint density at radius 1 is 1.07 bits per heavy atom. The highest BCUT2D eigenvalue weighted by molar-refractivity contribution is 7.69. The molecule has 0 spiro atoms. The molecule has 9 nitrogen and oxygen atoms in total. The average Bonchev–Trinajstić information content (AvgIpc) is 3.32. The maximum absolute atomic E-state index is 13.1. The molecule has 1 aliphatic rings. The van der Waals surface area contributed by atoms with Crippen LogP contribution in [0.3, 0.4) is 0 Å². The molecule has 28 heavy (non-hydrogen) atoms. The van der Waals surface area contributed by atoms with E-state index in [1.807, 2.05) is 0 Å². The first-order valence-electron chi connectivity index (χ1n) is 9.09. The molecule has 12 heteroatoms. The van der Waals surface area contributed by atoms with Crippen LogP contribution in [0.1, 0.15) is 43.8 Å². The van der Waals surface area contributed by atoms with E-state index in [2.05, 4.69) is 5.10 Å². The predicted molar refractivity (Wildman–Crippen MR) is 109 cm³/mol. The highest BCUT2D eigenvalue weighted by atomic mass is 32.1. The van der Waals surface area contributed by atoms with Crippen molar-refractivity contribution in [1.82, 2.24) is 5.01 Å². The largest absolute Gasteiger partial charge is 0.371 e.